The van der Waals surface area contributed by atoms with Gasteiger partial charge in [0.05, 0.1) is 5.70 Å². The number of likely N-dealkylation sites (N-methyl/N-ethyl adjacent to an activating group) is 1. The Hall–Kier alpha value is -1.18. The molecule has 2 nitrogen and oxygen atoms in total. The van der Waals surface area contributed by atoms with Gasteiger partial charge in [0, 0.05) is 33.0 Å². The van der Waals surface area contributed by atoms with Gasteiger partial charge in [0.15, 0.2) is 0 Å². The number of hydrogen-bond donors (Lipinski definition) is 0. The highest BCUT2D eigenvalue weighted by molar-refractivity contribution is 5.45. The fourth-order valence-corrected chi connectivity index (χ4v) is 1.42. The SMILES string of the molecule is CN1C=CC2=CCN(C)C2=C1. The largest absolute Gasteiger partial charge is 0.369 e. The number of nitrogens with zero attached hydrogens (tertiary/aromatic N) is 2. The van der Waals surface area contributed by atoms with Crippen LogP contribution in [0.4, 0.5) is 0 Å². The molecule has 0 radical (unpaired) electrons. The Balaban J connectivity index is 2.35. The zero-order valence-corrected chi connectivity index (χ0v) is 6.91. The third-order valence-electron chi connectivity index (χ3n) is 2.11. The zero-order valence-electron chi connectivity index (χ0n) is 6.91. The summed E-state index contributed by atoms with van der Waals surface area (Å²) >= 11 is 0. The molecule has 0 amide bonds. The number of fused-ring (bicyclic) bond motifs is 1. The van der Waals surface area contributed by atoms with Gasteiger partial charge < -0.3 is 9.80 Å². The van der Waals surface area contributed by atoms with E-state index in [1.165, 1.54) is 11.3 Å². The predicted octanol–water partition coefficient (Wildman–Crippen LogP) is 1.16. The first-order valence-corrected chi connectivity index (χ1v) is 3.81. The van der Waals surface area contributed by atoms with Crippen molar-refractivity contribution in [3.05, 3.63) is 35.8 Å². The zero-order chi connectivity index (χ0) is 7.84. The van der Waals surface area contributed by atoms with Crippen molar-refractivity contribution in [2.24, 2.45) is 0 Å². The lowest BCUT2D eigenvalue weighted by atomic mass is 10.2. The van der Waals surface area contributed by atoms with Crippen molar-refractivity contribution < 1.29 is 0 Å². The molecule has 0 aliphatic carbocycles. The van der Waals surface area contributed by atoms with Gasteiger partial charge in [-0.05, 0) is 11.6 Å². The van der Waals surface area contributed by atoms with Crippen LogP contribution in [0, 0.1) is 0 Å². The van der Waals surface area contributed by atoms with E-state index in [4.69, 9.17) is 0 Å². The molecule has 0 aromatic carbocycles. The van der Waals surface area contributed by atoms with Gasteiger partial charge in [-0.25, -0.2) is 0 Å². The van der Waals surface area contributed by atoms with Gasteiger partial charge in [-0.15, -0.1) is 0 Å². The van der Waals surface area contributed by atoms with Crippen LogP contribution >= 0.6 is 0 Å². The van der Waals surface area contributed by atoms with Gasteiger partial charge in [-0.2, -0.15) is 0 Å². The Labute approximate surface area is 67.1 Å². The van der Waals surface area contributed by atoms with Crippen molar-refractivity contribution in [2.75, 3.05) is 20.6 Å². The van der Waals surface area contributed by atoms with Crippen LogP contribution in [-0.4, -0.2) is 30.4 Å². The molecular formula is C9H12N2. The summed E-state index contributed by atoms with van der Waals surface area (Å²) in [5, 5.41) is 0. The van der Waals surface area contributed by atoms with Crippen LogP contribution in [0.3, 0.4) is 0 Å². The Morgan fingerprint density at radius 1 is 1.36 bits per heavy atom. The normalized spacial score (nSPS) is 21.6. The second kappa shape index (κ2) is 2.16. The summed E-state index contributed by atoms with van der Waals surface area (Å²) in [5.74, 6) is 0. The van der Waals surface area contributed by atoms with Crippen LogP contribution in [-0.2, 0) is 0 Å². The van der Waals surface area contributed by atoms with Crippen LogP contribution in [0.2, 0.25) is 0 Å². The fraction of sp³-hybridized carbons (Fsp3) is 0.333. The summed E-state index contributed by atoms with van der Waals surface area (Å²) in [6.07, 6.45) is 8.63. The van der Waals surface area contributed by atoms with Crippen molar-refractivity contribution in [1.82, 2.24) is 9.80 Å². The average molecular weight is 148 g/mol. The number of allylic oxidation sites excluding steroid dienone is 1. The molecule has 2 heterocycles. The summed E-state index contributed by atoms with van der Waals surface area (Å²) in [7, 11) is 4.16. The molecule has 0 saturated heterocycles. The molecule has 11 heavy (non-hydrogen) atoms. The van der Waals surface area contributed by atoms with Crippen molar-refractivity contribution in [2.45, 2.75) is 0 Å². The molecule has 2 rings (SSSR count). The van der Waals surface area contributed by atoms with E-state index in [1.54, 1.807) is 0 Å². The quantitative estimate of drug-likeness (QED) is 0.508. The van der Waals surface area contributed by atoms with Gasteiger partial charge >= 0.3 is 0 Å². The van der Waals surface area contributed by atoms with E-state index in [-0.39, 0.29) is 0 Å². The minimum absolute atomic E-state index is 1.04. The summed E-state index contributed by atoms with van der Waals surface area (Å²) in [6.45, 7) is 1.04. The topological polar surface area (TPSA) is 6.48 Å². The van der Waals surface area contributed by atoms with Crippen molar-refractivity contribution >= 4 is 0 Å². The summed E-state index contributed by atoms with van der Waals surface area (Å²) in [4.78, 5) is 4.32. The fourth-order valence-electron chi connectivity index (χ4n) is 1.42. The monoisotopic (exact) mass is 148 g/mol. The van der Waals surface area contributed by atoms with E-state index >= 15 is 0 Å². The summed E-state index contributed by atoms with van der Waals surface area (Å²) in [5.41, 5.74) is 2.68. The summed E-state index contributed by atoms with van der Waals surface area (Å²) in [6, 6.07) is 0. The molecule has 2 aliphatic heterocycles. The van der Waals surface area contributed by atoms with E-state index in [1.807, 2.05) is 7.05 Å². The Kier molecular flexibility index (Phi) is 1.28. The maximum absolute atomic E-state index is 2.25. The number of rotatable bonds is 0. The van der Waals surface area contributed by atoms with Crippen molar-refractivity contribution in [3.63, 3.8) is 0 Å². The lowest BCUT2D eigenvalue weighted by Crippen LogP contribution is -2.17. The average Bonchev–Trinajstić information content (AvgIpc) is 2.33. The maximum atomic E-state index is 2.25. The molecule has 0 bridgehead atoms. The first-order valence-electron chi connectivity index (χ1n) is 3.81. The standard InChI is InChI=1S/C9H12N2/c1-10-5-3-8-4-6-11(2)9(8)7-10/h3-5,7H,6H2,1-2H3. The minimum Gasteiger partial charge on any atom is -0.369 e. The van der Waals surface area contributed by atoms with Crippen LogP contribution in [0.1, 0.15) is 0 Å². The predicted molar refractivity (Wildman–Crippen MR) is 45.7 cm³/mol. The van der Waals surface area contributed by atoms with Gasteiger partial charge in [0.2, 0.25) is 0 Å². The molecular weight excluding hydrogens is 136 g/mol. The smallest absolute Gasteiger partial charge is 0.0602 e. The Morgan fingerprint density at radius 3 is 3.00 bits per heavy atom. The van der Waals surface area contributed by atoms with Crippen molar-refractivity contribution in [1.29, 1.82) is 0 Å². The first kappa shape index (κ1) is 6.53. The molecule has 0 aromatic heterocycles. The molecule has 0 spiro atoms. The van der Waals surface area contributed by atoms with Gasteiger partial charge in [-0.1, -0.05) is 6.08 Å². The maximum Gasteiger partial charge on any atom is 0.0602 e. The molecule has 0 saturated carbocycles. The van der Waals surface area contributed by atoms with E-state index in [0.29, 0.717) is 0 Å². The van der Waals surface area contributed by atoms with E-state index < -0.39 is 0 Å². The van der Waals surface area contributed by atoms with Crippen LogP contribution in [0.15, 0.2) is 35.8 Å². The third-order valence-corrected chi connectivity index (χ3v) is 2.11. The molecule has 0 aromatic rings. The minimum atomic E-state index is 1.04. The van der Waals surface area contributed by atoms with E-state index in [0.717, 1.165) is 6.54 Å². The Bertz CT molecular complexity index is 261. The first-order chi connectivity index (χ1) is 5.27. The van der Waals surface area contributed by atoms with Gasteiger partial charge in [0.1, 0.15) is 0 Å². The third kappa shape index (κ3) is 0.946. The molecule has 0 atom stereocenters. The Morgan fingerprint density at radius 2 is 2.18 bits per heavy atom. The highest BCUT2D eigenvalue weighted by atomic mass is 15.2. The van der Waals surface area contributed by atoms with Crippen LogP contribution in [0.5, 0.6) is 0 Å². The highest BCUT2D eigenvalue weighted by Gasteiger charge is 2.16. The summed E-state index contributed by atoms with van der Waals surface area (Å²) < 4.78 is 0. The van der Waals surface area contributed by atoms with Gasteiger partial charge in [0.25, 0.3) is 0 Å². The number of hydrogen-bond acceptors (Lipinski definition) is 2. The van der Waals surface area contributed by atoms with Crippen molar-refractivity contribution in [3.8, 4) is 0 Å². The lowest BCUT2D eigenvalue weighted by Gasteiger charge is -2.21. The highest BCUT2D eigenvalue weighted by Crippen LogP contribution is 2.24. The molecule has 2 heteroatoms. The van der Waals surface area contributed by atoms with E-state index in [2.05, 4.69) is 41.4 Å². The molecule has 2 aliphatic rings. The molecule has 0 N–H and O–H groups in total. The second-order valence-corrected chi connectivity index (χ2v) is 3.04. The lowest BCUT2D eigenvalue weighted by molar-refractivity contribution is 0.473. The molecule has 0 fully saturated rings. The molecule has 58 valence electrons. The van der Waals surface area contributed by atoms with E-state index in [9.17, 15) is 0 Å². The molecule has 0 unspecified atom stereocenters. The van der Waals surface area contributed by atoms with Crippen LogP contribution < -0.4 is 0 Å². The second-order valence-electron chi connectivity index (χ2n) is 3.04. The van der Waals surface area contributed by atoms with Gasteiger partial charge in [-0.3, -0.25) is 0 Å². The van der Waals surface area contributed by atoms with Crippen LogP contribution in [0.25, 0.3) is 0 Å².